The average molecular weight is 224 g/mol. The molecule has 2 bridgehead atoms. The van der Waals surface area contributed by atoms with Gasteiger partial charge in [0.2, 0.25) is 0 Å². The minimum atomic E-state index is -0.360. The SMILES string of the molecule is COC(=O)C1C2C=CC(CC2)C1C(=O)OC. The molecular formula is C12H16O4. The van der Waals surface area contributed by atoms with Crippen molar-refractivity contribution < 1.29 is 19.1 Å². The first kappa shape index (κ1) is 11.2. The van der Waals surface area contributed by atoms with Crippen molar-refractivity contribution in [1.82, 2.24) is 0 Å². The zero-order chi connectivity index (χ0) is 11.7. The van der Waals surface area contributed by atoms with Crippen molar-refractivity contribution in [3.05, 3.63) is 12.2 Å². The average Bonchev–Trinajstić information content (AvgIpc) is 2.37. The lowest BCUT2D eigenvalue weighted by Gasteiger charge is -2.41. The van der Waals surface area contributed by atoms with Gasteiger partial charge in [-0.3, -0.25) is 9.59 Å². The van der Waals surface area contributed by atoms with Gasteiger partial charge < -0.3 is 9.47 Å². The topological polar surface area (TPSA) is 52.6 Å². The Bertz CT molecular complexity index is 302. The van der Waals surface area contributed by atoms with Gasteiger partial charge in [-0.2, -0.15) is 0 Å². The monoisotopic (exact) mass is 224 g/mol. The van der Waals surface area contributed by atoms with Crippen LogP contribution in [0.15, 0.2) is 12.2 Å². The van der Waals surface area contributed by atoms with E-state index in [0.29, 0.717) is 0 Å². The molecule has 0 amide bonds. The lowest BCUT2D eigenvalue weighted by Crippen LogP contribution is -2.46. The summed E-state index contributed by atoms with van der Waals surface area (Å²) in [5.41, 5.74) is 0. The van der Waals surface area contributed by atoms with E-state index in [1.54, 1.807) is 0 Å². The Kier molecular flexibility index (Phi) is 2.99. The van der Waals surface area contributed by atoms with E-state index in [9.17, 15) is 9.59 Å². The second-order valence-corrected chi connectivity index (χ2v) is 4.39. The third-order valence-electron chi connectivity index (χ3n) is 3.69. The van der Waals surface area contributed by atoms with Crippen molar-refractivity contribution >= 4 is 11.9 Å². The predicted molar refractivity (Wildman–Crippen MR) is 56.4 cm³/mol. The Hall–Kier alpha value is -1.32. The smallest absolute Gasteiger partial charge is 0.310 e. The highest BCUT2D eigenvalue weighted by Gasteiger charge is 2.49. The molecule has 1 fully saturated rings. The molecule has 0 radical (unpaired) electrons. The molecule has 0 saturated heterocycles. The fourth-order valence-electron chi connectivity index (χ4n) is 2.91. The molecule has 88 valence electrons. The summed E-state index contributed by atoms with van der Waals surface area (Å²) in [6, 6.07) is 0. The van der Waals surface area contributed by atoms with E-state index < -0.39 is 0 Å². The standard InChI is InChI=1S/C12H16O4/c1-15-11(13)9-7-3-5-8(6-4-7)10(9)12(14)16-2/h3,5,7-10H,4,6H2,1-2H3. The lowest BCUT2D eigenvalue weighted by molar-refractivity contribution is -0.164. The van der Waals surface area contributed by atoms with Crippen LogP contribution >= 0.6 is 0 Å². The van der Waals surface area contributed by atoms with E-state index in [0.717, 1.165) is 12.8 Å². The van der Waals surface area contributed by atoms with Gasteiger partial charge in [-0.05, 0) is 24.7 Å². The highest BCUT2D eigenvalue weighted by molar-refractivity contribution is 5.83. The Labute approximate surface area is 94.6 Å². The minimum absolute atomic E-state index is 0.126. The first-order valence-electron chi connectivity index (χ1n) is 5.53. The molecule has 0 aliphatic heterocycles. The van der Waals surface area contributed by atoms with Gasteiger partial charge >= 0.3 is 11.9 Å². The predicted octanol–water partition coefficient (Wildman–Crippen LogP) is 1.16. The molecule has 4 heteroatoms. The summed E-state index contributed by atoms with van der Waals surface area (Å²) in [7, 11) is 2.73. The minimum Gasteiger partial charge on any atom is -0.469 e. The highest BCUT2D eigenvalue weighted by atomic mass is 16.5. The molecule has 4 unspecified atom stereocenters. The normalized spacial score (nSPS) is 35.9. The maximum Gasteiger partial charge on any atom is 0.310 e. The molecule has 0 aromatic heterocycles. The van der Waals surface area contributed by atoms with Gasteiger partial charge in [0, 0.05) is 0 Å². The number of carbonyl (C=O) groups is 2. The number of fused-ring (bicyclic) bond motifs is 2. The van der Waals surface area contributed by atoms with Gasteiger partial charge in [0.05, 0.1) is 26.1 Å². The van der Waals surface area contributed by atoms with Gasteiger partial charge in [0.25, 0.3) is 0 Å². The van der Waals surface area contributed by atoms with E-state index in [-0.39, 0.29) is 35.6 Å². The first-order chi connectivity index (χ1) is 7.69. The summed E-state index contributed by atoms with van der Waals surface area (Å²) in [5.74, 6) is -1.06. The van der Waals surface area contributed by atoms with Crippen LogP contribution in [-0.4, -0.2) is 26.2 Å². The largest absolute Gasteiger partial charge is 0.469 e. The van der Waals surface area contributed by atoms with Gasteiger partial charge in [-0.25, -0.2) is 0 Å². The molecule has 4 nitrogen and oxygen atoms in total. The molecule has 1 saturated carbocycles. The third-order valence-corrected chi connectivity index (χ3v) is 3.69. The molecule has 0 N–H and O–H groups in total. The fraction of sp³-hybridized carbons (Fsp3) is 0.667. The molecule has 0 aromatic carbocycles. The number of ether oxygens (including phenoxy) is 2. The maximum absolute atomic E-state index is 11.7. The lowest BCUT2D eigenvalue weighted by atomic mass is 9.62. The molecule has 0 aromatic rings. The first-order valence-corrected chi connectivity index (χ1v) is 5.53. The van der Waals surface area contributed by atoms with Crippen LogP contribution in [0.4, 0.5) is 0 Å². The van der Waals surface area contributed by atoms with Crippen molar-refractivity contribution in [2.45, 2.75) is 12.8 Å². The Morgan fingerprint density at radius 1 is 0.938 bits per heavy atom. The van der Waals surface area contributed by atoms with Crippen LogP contribution in [0.1, 0.15) is 12.8 Å². The van der Waals surface area contributed by atoms with Gasteiger partial charge in [0.1, 0.15) is 0 Å². The molecule has 0 spiro atoms. The van der Waals surface area contributed by atoms with Gasteiger partial charge in [-0.1, -0.05) is 12.2 Å². The zero-order valence-electron chi connectivity index (χ0n) is 9.51. The number of allylic oxidation sites excluding steroid dienone is 2. The summed E-state index contributed by atoms with van der Waals surface area (Å²) in [6.07, 6.45) is 5.98. The van der Waals surface area contributed by atoms with Crippen molar-refractivity contribution in [3.63, 3.8) is 0 Å². The maximum atomic E-state index is 11.7. The van der Waals surface area contributed by atoms with Crippen LogP contribution in [0.2, 0.25) is 0 Å². The van der Waals surface area contributed by atoms with Crippen LogP contribution in [0.25, 0.3) is 0 Å². The highest BCUT2D eigenvalue weighted by Crippen LogP contribution is 2.45. The zero-order valence-corrected chi connectivity index (χ0v) is 9.51. The van der Waals surface area contributed by atoms with Crippen molar-refractivity contribution in [1.29, 1.82) is 0 Å². The number of carbonyl (C=O) groups excluding carboxylic acids is 2. The van der Waals surface area contributed by atoms with E-state index in [4.69, 9.17) is 9.47 Å². The van der Waals surface area contributed by atoms with E-state index in [1.165, 1.54) is 14.2 Å². The number of rotatable bonds is 2. The fourth-order valence-corrected chi connectivity index (χ4v) is 2.91. The van der Waals surface area contributed by atoms with E-state index >= 15 is 0 Å². The van der Waals surface area contributed by atoms with Crippen LogP contribution in [0.3, 0.4) is 0 Å². The summed E-state index contributed by atoms with van der Waals surface area (Å²) in [6.45, 7) is 0. The van der Waals surface area contributed by atoms with Crippen LogP contribution in [0, 0.1) is 23.7 Å². The second-order valence-electron chi connectivity index (χ2n) is 4.39. The Morgan fingerprint density at radius 2 is 1.31 bits per heavy atom. The molecule has 3 aliphatic rings. The molecule has 0 heterocycles. The van der Waals surface area contributed by atoms with Crippen molar-refractivity contribution in [3.8, 4) is 0 Å². The second kappa shape index (κ2) is 4.28. The summed E-state index contributed by atoms with van der Waals surface area (Å²) in [5, 5.41) is 0. The van der Waals surface area contributed by atoms with Crippen LogP contribution < -0.4 is 0 Å². The van der Waals surface area contributed by atoms with E-state index in [2.05, 4.69) is 0 Å². The van der Waals surface area contributed by atoms with Crippen LogP contribution in [0.5, 0.6) is 0 Å². The molecule has 4 atom stereocenters. The molecule has 3 rings (SSSR count). The number of methoxy groups -OCH3 is 2. The summed E-state index contributed by atoms with van der Waals surface area (Å²) in [4.78, 5) is 23.4. The summed E-state index contributed by atoms with van der Waals surface area (Å²) < 4.78 is 9.57. The number of hydrogen-bond acceptors (Lipinski definition) is 4. The quantitative estimate of drug-likeness (QED) is 0.521. The Morgan fingerprint density at radius 3 is 1.56 bits per heavy atom. The Balaban J connectivity index is 2.29. The summed E-state index contributed by atoms with van der Waals surface area (Å²) >= 11 is 0. The third kappa shape index (κ3) is 1.62. The number of hydrogen-bond donors (Lipinski definition) is 0. The van der Waals surface area contributed by atoms with Crippen LogP contribution in [-0.2, 0) is 19.1 Å². The van der Waals surface area contributed by atoms with Gasteiger partial charge in [0.15, 0.2) is 0 Å². The molecule has 16 heavy (non-hydrogen) atoms. The van der Waals surface area contributed by atoms with E-state index in [1.807, 2.05) is 12.2 Å². The molecular weight excluding hydrogens is 208 g/mol. The molecule has 3 aliphatic carbocycles. The van der Waals surface area contributed by atoms with Crippen molar-refractivity contribution in [2.75, 3.05) is 14.2 Å². The number of esters is 2. The van der Waals surface area contributed by atoms with Gasteiger partial charge in [-0.15, -0.1) is 0 Å². The van der Waals surface area contributed by atoms with Crippen molar-refractivity contribution in [2.24, 2.45) is 23.7 Å².